The Balaban J connectivity index is 2.41. The predicted molar refractivity (Wildman–Crippen MR) is 76.2 cm³/mol. The first-order valence-corrected chi connectivity index (χ1v) is 6.53. The first-order valence-electron chi connectivity index (χ1n) is 6.53. The molecule has 22 heavy (non-hydrogen) atoms. The number of nitrogens with two attached hydrogens (primary N) is 1. The maximum Gasteiger partial charge on any atom is 0.417 e. The fraction of sp³-hybridized carbons (Fsp3) is 0.188. The topological polar surface area (TPSA) is 63.3 Å². The largest absolute Gasteiger partial charge is 0.480 e. The van der Waals surface area contributed by atoms with E-state index in [1.165, 1.54) is 24.3 Å². The SMILES string of the molecule is NC(Cc1cccc(-c2ccccc2C(F)(F)F)c1)C(=O)O. The lowest BCUT2D eigenvalue weighted by Crippen LogP contribution is -2.32. The molecule has 0 aliphatic carbocycles. The monoisotopic (exact) mass is 309 g/mol. The Morgan fingerprint density at radius 1 is 1.14 bits per heavy atom. The van der Waals surface area contributed by atoms with Crippen LogP contribution >= 0.6 is 0 Å². The average Bonchev–Trinajstić information content (AvgIpc) is 2.46. The van der Waals surface area contributed by atoms with Gasteiger partial charge in [0.15, 0.2) is 0 Å². The molecule has 3 nitrogen and oxygen atoms in total. The highest BCUT2D eigenvalue weighted by molar-refractivity contribution is 5.74. The molecule has 0 amide bonds. The summed E-state index contributed by atoms with van der Waals surface area (Å²) in [6.45, 7) is 0. The van der Waals surface area contributed by atoms with Crippen molar-refractivity contribution in [1.29, 1.82) is 0 Å². The minimum Gasteiger partial charge on any atom is -0.480 e. The van der Waals surface area contributed by atoms with Crippen molar-refractivity contribution in [3.63, 3.8) is 0 Å². The van der Waals surface area contributed by atoms with E-state index in [9.17, 15) is 18.0 Å². The second-order valence-corrected chi connectivity index (χ2v) is 4.89. The zero-order valence-corrected chi connectivity index (χ0v) is 11.5. The van der Waals surface area contributed by atoms with Crippen molar-refractivity contribution in [3.8, 4) is 11.1 Å². The first kappa shape index (κ1) is 16.0. The summed E-state index contributed by atoms with van der Waals surface area (Å²) >= 11 is 0. The molecule has 0 fully saturated rings. The number of aliphatic carboxylic acids is 1. The van der Waals surface area contributed by atoms with Gasteiger partial charge in [0.1, 0.15) is 6.04 Å². The highest BCUT2D eigenvalue weighted by atomic mass is 19.4. The van der Waals surface area contributed by atoms with Gasteiger partial charge in [-0.15, -0.1) is 0 Å². The molecular formula is C16H14F3NO2. The number of carboxylic acids is 1. The lowest BCUT2D eigenvalue weighted by molar-refractivity contribution is -0.138. The Hall–Kier alpha value is -2.34. The van der Waals surface area contributed by atoms with E-state index in [0.29, 0.717) is 11.1 Å². The van der Waals surface area contributed by atoms with Crippen molar-refractivity contribution in [2.24, 2.45) is 5.73 Å². The van der Waals surface area contributed by atoms with Gasteiger partial charge in [-0.1, -0.05) is 42.5 Å². The molecule has 0 saturated heterocycles. The minimum absolute atomic E-state index is 0.0529. The number of hydrogen-bond acceptors (Lipinski definition) is 2. The van der Waals surface area contributed by atoms with Crippen LogP contribution in [0.1, 0.15) is 11.1 Å². The summed E-state index contributed by atoms with van der Waals surface area (Å²) in [6.07, 6.45) is -4.40. The van der Waals surface area contributed by atoms with Gasteiger partial charge in [0.2, 0.25) is 0 Å². The highest BCUT2D eigenvalue weighted by Gasteiger charge is 2.33. The fourth-order valence-corrected chi connectivity index (χ4v) is 2.19. The number of hydrogen-bond donors (Lipinski definition) is 2. The van der Waals surface area contributed by atoms with Crippen molar-refractivity contribution >= 4 is 5.97 Å². The summed E-state index contributed by atoms with van der Waals surface area (Å²) in [5, 5.41) is 8.81. The number of carboxylic acid groups (broad SMARTS) is 1. The molecule has 0 radical (unpaired) electrons. The summed E-state index contributed by atoms with van der Waals surface area (Å²) in [6, 6.07) is 10.5. The van der Waals surface area contributed by atoms with Crippen molar-refractivity contribution < 1.29 is 23.1 Å². The molecule has 0 bridgehead atoms. The van der Waals surface area contributed by atoms with Gasteiger partial charge in [-0.3, -0.25) is 4.79 Å². The average molecular weight is 309 g/mol. The molecule has 2 aromatic rings. The Bertz CT molecular complexity index is 683. The Morgan fingerprint density at radius 3 is 2.45 bits per heavy atom. The molecule has 1 atom stereocenters. The standard InChI is InChI=1S/C16H14F3NO2/c17-16(18,19)13-7-2-1-6-12(13)11-5-3-4-10(8-11)9-14(20)15(21)22/h1-8,14H,9,20H2,(H,21,22). The lowest BCUT2D eigenvalue weighted by atomic mass is 9.96. The Kier molecular flexibility index (Phi) is 4.51. The summed E-state index contributed by atoms with van der Waals surface area (Å²) in [7, 11) is 0. The van der Waals surface area contributed by atoms with Crippen LogP contribution in [0.3, 0.4) is 0 Å². The van der Waals surface area contributed by atoms with Crippen molar-refractivity contribution in [1.82, 2.24) is 0 Å². The Labute approximate surface area is 125 Å². The van der Waals surface area contributed by atoms with Crippen LogP contribution in [0, 0.1) is 0 Å². The summed E-state index contributed by atoms with van der Waals surface area (Å²) < 4.78 is 39.2. The van der Waals surface area contributed by atoms with E-state index in [1.807, 2.05) is 0 Å². The van der Waals surface area contributed by atoms with E-state index < -0.39 is 23.8 Å². The van der Waals surface area contributed by atoms with Crippen LogP contribution < -0.4 is 5.73 Å². The van der Waals surface area contributed by atoms with Crippen LogP contribution in [-0.2, 0) is 17.4 Å². The van der Waals surface area contributed by atoms with Crippen LogP contribution in [-0.4, -0.2) is 17.1 Å². The third-order valence-electron chi connectivity index (χ3n) is 3.24. The number of carbonyl (C=O) groups is 1. The van der Waals surface area contributed by atoms with Gasteiger partial charge in [-0.2, -0.15) is 13.2 Å². The second-order valence-electron chi connectivity index (χ2n) is 4.89. The number of halogens is 3. The molecule has 0 heterocycles. The van der Waals surface area contributed by atoms with Gasteiger partial charge >= 0.3 is 12.1 Å². The molecule has 0 spiro atoms. The number of rotatable bonds is 4. The fourth-order valence-electron chi connectivity index (χ4n) is 2.19. The predicted octanol–water partition coefficient (Wildman–Crippen LogP) is 3.33. The van der Waals surface area contributed by atoms with Crippen molar-refractivity contribution in [2.75, 3.05) is 0 Å². The van der Waals surface area contributed by atoms with Crippen LogP contribution in [0.25, 0.3) is 11.1 Å². The molecule has 0 aromatic heterocycles. The third kappa shape index (κ3) is 3.65. The minimum atomic E-state index is -4.45. The molecule has 2 rings (SSSR count). The quantitative estimate of drug-likeness (QED) is 0.910. The van der Waals surface area contributed by atoms with E-state index in [4.69, 9.17) is 10.8 Å². The number of benzene rings is 2. The molecule has 116 valence electrons. The number of alkyl halides is 3. The van der Waals surface area contributed by atoms with Gasteiger partial charge in [0, 0.05) is 0 Å². The zero-order chi connectivity index (χ0) is 16.3. The zero-order valence-electron chi connectivity index (χ0n) is 11.5. The highest BCUT2D eigenvalue weighted by Crippen LogP contribution is 2.37. The van der Waals surface area contributed by atoms with E-state index in [1.54, 1.807) is 18.2 Å². The van der Waals surface area contributed by atoms with Gasteiger partial charge in [-0.05, 0) is 29.2 Å². The molecule has 1 unspecified atom stereocenters. The van der Waals surface area contributed by atoms with Gasteiger partial charge < -0.3 is 10.8 Å². The van der Waals surface area contributed by atoms with Gasteiger partial charge in [-0.25, -0.2) is 0 Å². The molecule has 0 saturated carbocycles. The van der Waals surface area contributed by atoms with Crippen LogP contribution in [0.4, 0.5) is 13.2 Å². The van der Waals surface area contributed by atoms with Crippen molar-refractivity contribution in [2.45, 2.75) is 18.6 Å². The maximum atomic E-state index is 13.1. The van der Waals surface area contributed by atoms with E-state index >= 15 is 0 Å². The molecule has 2 aromatic carbocycles. The van der Waals surface area contributed by atoms with Gasteiger partial charge in [0.25, 0.3) is 0 Å². The van der Waals surface area contributed by atoms with Crippen LogP contribution in [0.5, 0.6) is 0 Å². The van der Waals surface area contributed by atoms with Gasteiger partial charge in [0.05, 0.1) is 5.56 Å². The van der Waals surface area contributed by atoms with E-state index in [0.717, 1.165) is 6.07 Å². The molecule has 0 aliphatic rings. The Morgan fingerprint density at radius 2 is 1.82 bits per heavy atom. The summed E-state index contributed by atoms with van der Waals surface area (Å²) in [5.41, 5.74) is 5.74. The molecular weight excluding hydrogens is 295 g/mol. The summed E-state index contributed by atoms with van der Waals surface area (Å²) in [4.78, 5) is 10.8. The molecule has 0 aliphatic heterocycles. The summed E-state index contributed by atoms with van der Waals surface area (Å²) in [5.74, 6) is -1.15. The van der Waals surface area contributed by atoms with Crippen LogP contribution in [0.2, 0.25) is 0 Å². The van der Waals surface area contributed by atoms with E-state index in [2.05, 4.69) is 0 Å². The molecule has 6 heteroatoms. The smallest absolute Gasteiger partial charge is 0.417 e. The molecule has 3 N–H and O–H groups in total. The third-order valence-corrected chi connectivity index (χ3v) is 3.24. The second kappa shape index (κ2) is 6.19. The normalized spacial score (nSPS) is 12.9. The maximum absolute atomic E-state index is 13.1. The van der Waals surface area contributed by atoms with Crippen molar-refractivity contribution in [3.05, 3.63) is 59.7 Å². The van der Waals surface area contributed by atoms with Crippen LogP contribution in [0.15, 0.2) is 48.5 Å². The lowest BCUT2D eigenvalue weighted by Gasteiger charge is -2.14. The van der Waals surface area contributed by atoms with E-state index in [-0.39, 0.29) is 12.0 Å². The first-order chi connectivity index (χ1) is 10.3.